The molecule has 1 fully saturated rings. The number of allylic oxidation sites excluding steroid dienone is 4. The lowest BCUT2D eigenvalue weighted by Gasteiger charge is -2.36. The molecule has 3 aliphatic rings. The Morgan fingerprint density at radius 3 is 2.06 bits per heavy atom. The summed E-state index contributed by atoms with van der Waals surface area (Å²) in [5.74, 6) is 0. The van der Waals surface area contributed by atoms with Gasteiger partial charge in [-0.15, -0.1) is 0 Å². The number of hydrogen-bond acceptors (Lipinski definition) is 1. The van der Waals surface area contributed by atoms with Gasteiger partial charge in [-0.05, 0) is 87.8 Å². The number of rotatable bonds is 4. The van der Waals surface area contributed by atoms with E-state index in [0.717, 1.165) is 6.42 Å². The number of fused-ring (bicyclic) bond motifs is 8. The van der Waals surface area contributed by atoms with Crippen molar-refractivity contribution in [2.45, 2.75) is 56.3 Å². The Bertz CT molecular complexity index is 2350. The first-order valence-electron chi connectivity index (χ1n) is 17.7. The summed E-state index contributed by atoms with van der Waals surface area (Å²) in [5.41, 5.74) is 9.70. The predicted octanol–water partition coefficient (Wildman–Crippen LogP) is 11.2. The zero-order valence-corrected chi connectivity index (χ0v) is 28.3. The maximum Gasteiger partial charge on any atom is 0.210 e. The van der Waals surface area contributed by atoms with E-state index in [-0.39, 0.29) is 10.8 Å². The molecular formula is C46H43N2+. The van der Waals surface area contributed by atoms with Gasteiger partial charge in [-0.3, -0.25) is 0 Å². The molecular weight excluding hydrogens is 581 g/mol. The maximum absolute atomic E-state index is 2.50. The van der Waals surface area contributed by atoms with Gasteiger partial charge in [-0.1, -0.05) is 122 Å². The fraction of sp³-hybridized carbons (Fsp3) is 0.239. The van der Waals surface area contributed by atoms with Crippen molar-refractivity contribution in [2.75, 3.05) is 19.0 Å². The van der Waals surface area contributed by atoms with Gasteiger partial charge in [0, 0.05) is 41.6 Å². The van der Waals surface area contributed by atoms with Crippen molar-refractivity contribution < 1.29 is 4.58 Å². The van der Waals surface area contributed by atoms with Crippen LogP contribution in [0.2, 0.25) is 0 Å². The Morgan fingerprint density at radius 1 is 0.688 bits per heavy atom. The van der Waals surface area contributed by atoms with Gasteiger partial charge in [0.05, 0.1) is 5.41 Å². The lowest BCUT2D eigenvalue weighted by Crippen LogP contribution is -2.33. The van der Waals surface area contributed by atoms with Gasteiger partial charge in [-0.25, -0.2) is 0 Å². The molecule has 6 aromatic rings. The fourth-order valence-electron chi connectivity index (χ4n) is 9.76. The second-order valence-corrected chi connectivity index (χ2v) is 14.6. The summed E-state index contributed by atoms with van der Waals surface area (Å²) in [6, 6.07) is 43.0. The molecule has 2 heterocycles. The summed E-state index contributed by atoms with van der Waals surface area (Å²) in [4.78, 5) is 2.50. The highest BCUT2D eigenvalue weighted by Crippen LogP contribution is 2.57. The van der Waals surface area contributed by atoms with Crippen LogP contribution in [0.25, 0.3) is 32.3 Å². The lowest BCUT2D eigenvalue weighted by atomic mass is 9.67. The van der Waals surface area contributed by atoms with Crippen LogP contribution in [0.3, 0.4) is 0 Å². The molecule has 0 radical (unpaired) electrons. The third-order valence-electron chi connectivity index (χ3n) is 11.9. The average molecular weight is 624 g/mol. The van der Waals surface area contributed by atoms with Crippen molar-refractivity contribution in [1.29, 1.82) is 0 Å². The van der Waals surface area contributed by atoms with Crippen LogP contribution in [-0.4, -0.2) is 24.4 Å². The van der Waals surface area contributed by atoms with Crippen LogP contribution in [0.4, 0.5) is 11.4 Å². The minimum atomic E-state index is -0.203. The first-order chi connectivity index (χ1) is 23.5. The monoisotopic (exact) mass is 623 g/mol. The fourth-order valence-corrected chi connectivity index (χ4v) is 9.76. The molecule has 1 atom stereocenters. The van der Waals surface area contributed by atoms with Gasteiger partial charge in [0.15, 0.2) is 5.71 Å². The lowest BCUT2D eigenvalue weighted by molar-refractivity contribution is -0.401. The molecule has 0 amide bonds. The van der Waals surface area contributed by atoms with Crippen molar-refractivity contribution in [3.63, 3.8) is 0 Å². The summed E-state index contributed by atoms with van der Waals surface area (Å²) >= 11 is 0. The molecule has 0 saturated heterocycles. The molecule has 9 rings (SSSR count). The van der Waals surface area contributed by atoms with E-state index in [1.54, 1.807) is 5.56 Å². The number of likely N-dealkylation sites (N-methyl/N-ethyl adjacent to an activating group) is 1. The largest absolute Gasteiger partial charge is 0.347 e. The van der Waals surface area contributed by atoms with E-state index in [1.165, 1.54) is 98.3 Å². The van der Waals surface area contributed by atoms with Crippen LogP contribution in [0.5, 0.6) is 0 Å². The average Bonchev–Trinajstić information content (AvgIpc) is 3.48. The standard InChI is InChI=1S/C46H43N2/c1-45(31-32-22-23-33-14-5-6-17-36(33)30-32)41(47(2)39-26-24-34-15-7-9-18-37(34)43(39)45)20-13-21-42-46(28-11-4-12-29-46)44-38-19-10-8-16-35(38)25-27-40(44)48(42)3/h5-10,13-27,30H,4,11-12,28-29,31H2,1-3H3/q+1. The highest BCUT2D eigenvalue weighted by molar-refractivity contribution is 6.08. The maximum atomic E-state index is 2.50. The highest BCUT2D eigenvalue weighted by Gasteiger charge is 2.49. The molecule has 1 spiro atoms. The Labute approximate surface area is 284 Å². The SMILES string of the molecule is CN1/C(=C/C=C/C2=[N+](C)c3ccc4ccccc4c3C2(C)Cc2ccc3ccccc3c2)C2(CCCCC2)c2c1ccc1ccccc21. The van der Waals surface area contributed by atoms with Crippen molar-refractivity contribution in [2.24, 2.45) is 0 Å². The zero-order chi connectivity index (χ0) is 32.5. The Kier molecular flexibility index (Phi) is 6.73. The van der Waals surface area contributed by atoms with Gasteiger partial charge in [-0.2, -0.15) is 4.58 Å². The van der Waals surface area contributed by atoms with Gasteiger partial charge >= 0.3 is 0 Å². The quantitative estimate of drug-likeness (QED) is 0.177. The van der Waals surface area contributed by atoms with Gasteiger partial charge in [0.25, 0.3) is 0 Å². The molecule has 0 N–H and O–H groups in total. The summed E-state index contributed by atoms with van der Waals surface area (Å²) < 4.78 is 2.45. The molecule has 48 heavy (non-hydrogen) atoms. The predicted molar refractivity (Wildman–Crippen MR) is 204 cm³/mol. The summed E-state index contributed by atoms with van der Waals surface area (Å²) in [6.07, 6.45) is 14.5. The Morgan fingerprint density at radius 2 is 1.31 bits per heavy atom. The first kappa shape index (κ1) is 29.2. The zero-order valence-electron chi connectivity index (χ0n) is 28.3. The van der Waals surface area contributed by atoms with Crippen molar-refractivity contribution >= 4 is 49.4 Å². The number of anilines is 1. The minimum absolute atomic E-state index is 0.0628. The van der Waals surface area contributed by atoms with E-state index in [1.807, 2.05) is 0 Å². The molecule has 0 aromatic heterocycles. The van der Waals surface area contributed by atoms with Crippen molar-refractivity contribution in [3.05, 3.63) is 156 Å². The number of benzene rings is 6. The minimum Gasteiger partial charge on any atom is -0.347 e. The molecule has 6 aromatic carbocycles. The molecule has 2 heteroatoms. The van der Waals surface area contributed by atoms with E-state index in [2.05, 4.69) is 164 Å². The second kappa shape index (κ2) is 11.1. The third kappa shape index (κ3) is 4.28. The van der Waals surface area contributed by atoms with E-state index in [9.17, 15) is 0 Å². The molecule has 1 saturated carbocycles. The van der Waals surface area contributed by atoms with Gasteiger partial charge < -0.3 is 4.90 Å². The molecule has 236 valence electrons. The van der Waals surface area contributed by atoms with E-state index >= 15 is 0 Å². The van der Waals surface area contributed by atoms with E-state index in [4.69, 9.17) is 0 Å². The van der Waals surface area contributed by atoms with Crippen LogP contribution < -0.4 is 4.90 Å². The topological polar surface area (TPSA) is 6.25 Å². The van der Waals surface area contributed by atoms with Crippen molar-refractivity contribution in [1.82, 2.24) is 0 Å². The summed E-state index contributed by atoms with van der Waals surface area (Å²) in [7, 11) is 4.55. The van der Waals surface area contributed by atoms with Gasteiger partial charge in [0.2, 0.25) is 5.69 Å². The van der Waals surface area contributed by atoms with E-state index < -0.39 is 0 Å². The van der Waals surface area contributed by atoms with Crippen LogP contribution in [0, 0.1) is 0 Å². The summed E-state index contributed by atoms with van der Waals surface area (Å²) in [5, 5.41) is 8.03. The molecule has 1 unspecified atom stereocenters. The van der Waals surface area contributed by atoms with E-state index in [0.29, 0.717) is 0 Å². The molecule has 1 aliphatic carbocycles. The smallest absolute Gasteiger partial charge is 0.210 e. The second-order valence-electron chi connectivity index (χ2n) is 14.6. The van der Waals surface area contributed by atoms with Crippen LogP contribution >= 0.6 is 0 Å². The Balaban J connectivity index is 1.18. The molecule has 0 bridgehead atoms. The summed E-state index contributed by atoms with van der Waals surface area (Å²) in [6.45, 7) is 2.47. The Hall–Kier alpha value is -4.95. The van der Waals surface area contributed by atoms with Crippen molar-refractivity contribution in [3.8, 4) is 0 Å². The van der Waals surface area contributed by atoms with Crippen LogP contribution in [0.1, 0.15) is 55.7 Å². The number of hydrogen-bond donors (Lipinski definition) is 0. The van der Waals surface area contributed by atoms with Crippen LogP contribution in [-0.2, 0) is 17.3 Å². The number of nitrogens with zero attached hydrogens (tertiary/aromatic N) is 2. The van der Waals surface area contributed by atoms with Crippen LogP contribution in [0.15, 0.2) is 139 Å². The first-order valence-corrected chi connectivity index (χ1v) is 17.7. The highest BCUT2D eigenvalue weighted by atomic mass is 15.2. The molecule has 2 nitrogen and oxygen atoms in total. The molecule has 2 aliphatic heterocycles. The normalized spacial score (nSPS) is 21.0. The van der Waals surface area contributed by atoms with Gasteiger partial charge in [0.1, 0.15) is 7.05 Å². The third-order valence-corrected chi connectivity index (χ3v) is 11.9.